The number of ether oxygens (including phenoxy) is 1. The first-order valence-electron chi connectivity index (χ1n) is 9.87. The molecule has 0 aromatic heterocycles. The lowest BCUT2D eigenvalue weighted by Crippen LogP contribution is -2.27. The van der Waals surface area contributed by atoms with Gasteiger partial charge >= 0.3 is 0 Å². The number of nitrogens with zero attached hydrogens (tertiary/aromatic N) is 1. The zero-order chi connectivity index (χ0) is 22.7. The summed E-state index contributed by atoms with van der Waals surface area (Å²) in [6.45, 7) is 2.55. The molecule has 3 aromatic rings. The minimum atomic E-state index is -0.277. The number of carbonyl (C=O) groups is 2. The Morgan fingerprint density at radius 2 is 1.72 bits per heavy atom. The molecule has 7 heteroatoms. The van der Waals surface area contributed by atoms with Crippen molar-refractivity contribution in [3.8, 4) is 5.75 Å². The molecule has 162 valence electrons. The molecule has 1 aliphatic rings. The van der Waals surface area contributed by atoms with Crippen LogP contribution in [0.4, 0.5) is 4.79 Å². The number of aryl methyl sites for hydroxylation is 1. The molecule has 1 aliphatic heterocycles. The Kier molecular flexibility index (Phi) is 6.89. The summed E-state index contributed by atoms with van der Waals surface area (Å²) in [5.41, 5.74) is 3.65. The summed E-state index contributed by atoms with van der Waals surface area (Å²) in [6.07, 6.45) is 1.72. The maximum absolute atomic E-state index is 12.8. The molecule has 0 spiro atoms. The second-order valence-electron chi connectivity index (χ2n) is 7.29. The lowest BCUT2D eigenvalue weighted by atomic mass is 10.1. The Morgan fingerprint density at radius 1 is 0.969 bits per heavy atom. The second kappa shape index (κ2) is 9.82. The van der Waals surface area contributed by atoms with Gasteiger partial charge in [0.05, 0.1) is 11.4 Å². The molecule has 1 fully saturated rings. The van der Waals surface area contributed by atoms with Gasteiger partial charge in [0, 0.05) is 15.6 Å². The number of imide groups is 1. The second-order valence-corrected chi connectivity index (χ2v) is 9.12. The van der Waals surface area contributed by atoms with Gasteiger partial charge < -0.3 is 4.74 Å². The number of rotatable bonds is 6. The van der Waals surface area contributed by atoms with Gasteiger partial charge in [0.1, 0.15) is 12.4 Å². The fourth-order valence-corrected chi connectivity index (χ4v) is 4.51. The van der Waals surface area contributed by atoms with Crippen molar-refractivity contribution in [3.63, 3.8) is 0 Å². The molecule has 0 N–H and O–H groups in total. The molecule has 0 atom stereocenters. The average Bonchev–Trinajstić information content (AvgIpc) is 3.03. The Labute approximate surface area is 200 Å². The van der Waals surface area contributed by atoms with Crippen molar-refractivity contribution in [2.45, 2.75) is 20.1 Å². The van der Waals surface area contributed by atoms with Crippen molar-refractivity contribution >= 4 is 52.2 Å². The van der Waals surface area contributed by atoms with E-state index < -0.39 is 0 Å². The molecule has 0 aliphatic carbocycles. The molecule has 3 aromatic carbocycles. The van der Waals surface area contributed by atoms with Crippen molar-refractivity contribution in [1.82, 2.24) is 4.90 Å². The van der Waals surface area contributed by atoms with Gasteiger partial charge in [0.2, 0.25) is 0 Å². The standard InChI is InChI=1S/C25H19Cl2NO3S/c1-16-4-2-3-5-18(16)14-28-24(29)23(32-25(28)30)12-17-6-10-21(11-7-17)31-15-19-8-9-20(26)13-22(19)27/h2-13H,14-15H2,1H3/b23-12-. The minimum Gasteiger partial charge on any atom is -0.489 e. The molecule has 0 bridgehead atoms. The first-order valence-corrected chi connectivity index (χ1v) is 11.4. The van der Waals surface area contributed by atoms with Crippen LogP contribution >= 0.6 is 35.0 Å². The maximum atomic E-state index is 12.8. The number of benzene rings is 3. The quantitative estimate of drug-likeness (QED) is 0.350. The Bertz CT molecular complexity index is 1210. The maximum Gasteiger partial charge on any atom is 0.293 e. The van der Waals surface area contributed by atoms with E-state index >= 15 is 0 Å². The van der Waals surface area contributed by atoms with Crippen LogP contribution in [-0.4, -0.2) is 16.0 Å². The smallest absolute Gasteiger partial charge is 0.293 e. The lowest BCUT2D eigenvalue weighted by molar-refractivity contribution is -0.123. The highest BCUT2D eigenvalue weighted by Crippen LogP contribution is 2.34. The van der Waals surface area contributed by atoms with Crippen LogP contribution in [0.5, 0.6) is 5.75 Å². The van der Waals surface area contributed by atoms with Crippen molar-refractivity contribution in [2.75, 3.05) is 0 Å². The van der Waals surface area contributed by atoms with Crippen molar-refractivity contribution < 1.29 is 14.3 Å². The number of thioether (sulfide) groups is 1. The molecular formula is C25H19Cl2NO3S. The fraction of sp³-hybridized carbons (Fsp3) is 0.120. The highest BCUT2D eigenvalue weighted by atomic mass is 35.5. The van der Waals surface area contributed by atoms with Gasteiger partial charge in [-0.05, 0) is 65.7 Å². The van der Waals surface area contributed by atoms with E-state index in [9.17, 15) is 9.59 Å². The summed E-state index contributed by atoms with van der Waals surface area (Å²) in [5, 5.41) is 0.867. The Hall–Kier alpha value is -2.73. The molecule has 2 amide bonds. The van der Waals surface area contributed by atoms with Crippen molar-refractivity contribution in [1.29, 1.82) is 0 Å². The van der Waals surface area contributed by atoms with E-state index in [1.807, 2.05) is 61.5 Å². The molecule has 0 unspecified atom stereocenters. The van der Waals surface area contributed by atoms with E-state index in [-0.39, 0.29) is 17.7 Å². The summed E-state index contributed by atoms with van der Waals surface area (Å²) in [4.78, 5) is 26.9. The van der Waals surface area contributed by atoms with Crippen LogP contribution in [0.1, 0.15) is 22.3 Å². The first-order chi connectivity index (χ1) is 15.4. The zero-order valence-corrected chi connectivity index (χ0v) is 19.5. The van der Waals surface area contributed by atoms with Crippen molar-refractivity contribution in [3.05, 3.63) is 104 Å². The number of halogens is 2. The van der Waals surface area contributed by atoms with Gasteiger partial charge in [-0.15, -0.1) is 0 Å². The molecule has 1 saturated heterocycles. The van der Waals surface area contributed by atoms with E-state index in [1.165, 1.54) is 4.90 Å². The average molecular weight is 484 g/mol. The van der Waals surface area contributed by atoms with Crippen LogP contribution < -0.4 is 4.74 Å². The summed E-state index contributed by atoms with van der Waals surface area (Å²) >= 11 is 13.0. The van der Waals surface area contributed by atoms with Crippen LogP contribution in [-0.2, 0) is 17.9 Å². The van der Waals surface area contributed by atoms with E-state index in [4.69, 9.17) is 27.9 Å². The number of hydrogen-bond acceptors (Lipinski definition) is 4. The topological polar surface area (TPSA) is 46.6 Å². The predicted molar refractivity (Wildman–Crippen MR) is 130 cm³/mol. The normalized spacial score (nSPS) is 15.0. The third-order valence-electron chi connectivity index (χ3n) is 5.05. The van der Waals surface area contributed by atoms with Crippen LogP contribution in [0.25, 0.3) is 6.08 Å². The lowest BCUT2D eigenvalue weighted by Gasteiger charge is -2.14. The number of carbonyl (C=O) groups excluding carboxylic acids is 2. The molecule has 0 radical (unpaired) electrons. The summed E-state index contributed by atoms with van der Waals surface area (Å²) < 4.78 is 5.79. The van der Waals surface area contributed by atoms with E-state index in [0.29, 0.717) is 27.3 Å². The summed E-state index contributed by atoms with van der Waals surface area (Å²) in [6, 6.07) is 20.3. The van der Waals surface area contributed by atoms with E-state index in [2.05, 4.69) is 0 Å². The largest absolute Gasteiger partial charge is 0.489 e. The molecule has 4 rings (SSSR count). The molecular weight excluding hydrogens is 465 g/mol. The third kappa shape index (κ3) is 5.18. The third-order valence-corrected chi connectivity index (χ3v) is 6.54. The van der Waals surface area contributed by atoms with Crippen molar-refractivity contribution in [2.24, 2.45) is 0 Å². The van der Waals surface area contributed by atoms with Crippen LogP contribution in [0.3, 0.4) is 0 Å². The predicted octanol–water partition coefficient (Wildman–Crippen LogP) is 7.12. The van der Waals surface area contributed by atoms with Crippen LogP contribution in [0, 0.1) is 6.92 Å². The highest BCUT2D eigenvalue weighted by molar-refractivity contribution is 8.18. The summed E-state index contributed by atoms with van der Waals surface area (Å²) in [5.74, 6) is 0.391. The zero-order valence-electron chi connectivity index (χ0n) is 17.2. The highest BCUT2D eigenvalue weighted by Gasteiger charge is 2.35. The van der Waals surface area contributed by atoms with Gasteiger partial charge in [-0.2, -0.15) is 0 Å². The Balaban J connectivity index is 1.42. The molecule has 0 saturated carbocycles. The number of hydrogen-bond donors (Lipinski definition) is 0. The summed E-state index contributed by atoms with van der Waals surface area (Å²) in [7, 11) is 0. The van der Waals surface area contributed by atoms with Gasteiger partial charge in [-0.1, -0.05) is 65.7 Å². The fourth-order valence-electron chi connectivity index (χ4n) is 3.21. The SMILES string of the molecule is Cc1ccccc1CN1C(=O)S/C(=C\c2ccc(OCc3ccc(Cl)cc3Cl)cc2)C1=O. The van der Waals surface area contributed by atoms with Gasteiger partial charge in [0.15, 0.2) is 0 Å². The molecule has 32 heavy (non-hydrogen) atoms. The Morgan fingerprint density at radius 3 is 2.44 bits per heavy atom. The minimum absolute atomic E-state index is 0.260. The number of amides is 2. The van der Waals surface area contributed by atoms with Gasteiger partial charge in [-0.25, -0.2) is 0 Å². The van der Waals surface area contributed by atoms with E-state index in [0.717, 1.165) is 34.0 Å². The van der Waals surface area contributed by atoms with Crippen LogP contribution in [0.15, 0.2) is 71.6 Å². The molecule has 1 heterocycles. The van der Waals surface area contributed by atoms with Gasteiger partial charge in [-0.3, -0.25) is 14.5 Å². The van der Waals surface area contributed by atoms with Crippen LogP contribution in [0.2, 0.25) is 10.0 Å². The first kappa shape index (κ1) is 22.5. The van der Waals surface area contributed by atoms with E-state index in [1.54, 1.807) is 18.2 Å². The molecule has 4 nitrogen and oxygen atoms in total. The monoisotopic (exact) mass is 483 g/mol. The van der Waals surface area contributed by atoms with Gasteiger partial charge in [0.25, 0.3) is 11.1 Å².